The Morgan fingerprint density at radius 3 is 2.60 bits per heavy atom. The van der Waals surface area contributed by atoms with Crippen molar-refractivity contribution in [3.63, 3.8) is 0 Å². The summed E-state index contributed by atoms with van der Waals surface area (Å²) in [6.45, 7) is 3.70. The zero-order valence-corrected chi connectivity index (χ0v) is 15.4. The number of nitrogens with one attached hydrogen (secondary N) is 2. The highest BCUT2D eigenvalue weighted by atomic mass is 35.5. The van der Waals surface area contributed by atoms with Gasteiger partial charge in [0.2, 0.25) is 11.8 Å². The molecule has 6 nitrogen and oxygen atoms in total. The van der Waals surface area contributed by atoms with Crippen molar-refractivity contribution in [3.8, 4) is 5.69 Å². The van der Waals surface area contributed by atoms with Gasteiger partial charge in [-0.15, -0.1) is 0 Å². The van der Waals surface area contributed by atoms with Crippen LogP contribution in [-0.4, -0.2) is 21.6 Å². The molecule has 1 saturated carbocycles. The normalized spacial score (nSPS) is 13.6. The molecule has 0 aliphatic heterocycles. The predicted octanol–water partition coefficient (Wildman–Crippen LogP) is 2.90. The molecule has 0 spiro atoms. The minimum atomic E-state index is -0.290. The second-order valence-electron chi connectivity index (χ2n) is 6.15. The largest absolute Gasteiger partial charge is 0.273 e. The summed E-state index contributed by atoms with van der Waals surface area (Å²) in [5.41, 5.74) is 7.94. The maximum absolute atomic E-state index is 12.1. The number of amides is 2. The topological polar surface area (TPSA) is 76.0 Å². The number of benzene rings is 1. The number of rotatable bonds is 4. The lowest BCUT2D eigenvalue weighted by molar-refractivity contribution is -0.129. The third-order valence-corrected chi connectivity index (χ3v) is 4.73. The van der Waals surface area contributed by atoms with Gasteiger partial charge in [0.1, 0.15) is 0 Å². The molecule has 1 aromatic heterocycles. The lowest BCUT2D eigenvalue weighted by Crippen LogP contribution is -2.43. The van der Waals surface area contributed by atoms with E-state index in [1.807, 2.05) is 13.8 Å². The quantitative estimate of drug-likeness (QED) is 0.800. The fourth-order valence-corrected chi connectivity index (χ4v) is 3.09. The van der Waals surface area contributed by atoms with Gasteiger partial charge in [-0.2, -0.15) is 5.10 Å². The molecule has 2 aromatic rings. The first-order valence-corrected chi connectivity index (χ1v) is 8.71. The van der Waals surface area contributed by atoms with Crippen LogP contribution >= 0.6 is 23.2 Å². The Morgan fingerprint density at radius 2 is 1.96 bits per heavy atom. The molecule has 25 heavy (non-hydrogen) atoms. The van der Waals surface area contributed by atoms with Crippen LogP contribution in [0.2, 0.25) is 10.0 Å². The third kappa shape index (κ3) is 3.96. The van der Waals surface area contributed by atoms with E-state index in [1.165, 1.54) is 0 Å². The second kappa shape index (κ2) is 7.06. The van der Waals surface area contributed by atoms with E-state index >= 15 is 0 Å². The molecule has 0 saturated heterocycles. The minimum Gasteiger partial charge on any atom is -0.273 e. The van der Waals surface area contributed by atoms with E-state index in [9.17, 15) is 9.59 Å². The number of carbonyl (C=O) groups excluding carboxylic acids is 2. The Kier molecular flexibility index (Phi) is 5.01. The van der Waals surface area contributed by atoms with Gasteiger partial charge >= 0.3 is 0 Å². The Hall–Kier alpha value is -2.05. The first-order chi connectivity index (χ1) is 11.9. The number of nitrogens with zero attached hydrogens (tertiary/aromatic N) is 2. The standard InChI is InChI=1S/C17H18Cl2N4O2/c1-9-13(8-16(24)20-21-17(25)11-3-4-11)10(2)23(22-9)15-6-5-12(18)7-14(15)19/h5-7,11H,3-4,8H2,1-2H3,(H,20,24)(H,21,25). The maximum atomic E-state index is 12.1. The van der Waals surface area contributed by atoms with E-state index in [0.29, 0.717) is 15.7 Å². The average Bonchev–Trinajstić information content (AvgIpc) is 3.36. The summed E-state index contributed by atoms with van der Waals surface area (Å²) >= 11 is 12.2. The summed E-state index contributed by atoms with van der Waals surface area (Å²) in [4.78, 5) is 23.7. The van der Waals surface area contributed by atoms with Crippen LogP contribution in [0.25, 0.3) is 5.69 Å². The molecular formula is C17H18Cl2N4O2. The zero-order chi connectivity index (χ0) is 18.1. The van der Waals surface area contributed by atoms with E-state index < -0.39 is 0 Å². The fourth-order valence-electron chi connectivity index (χ4n) is 2.60. The van der Waals surface area contributed by atoms with Gasteiger partial charge < -0.3 is 0 Å². The van der Waals surface area contributed by atoms with E-state index in [0.717, 1.165) is 29.8 Å². The molecule has 132 valence electrons. The molecule has 3 rings (SSSR count). The first kappa shape index (κ1) is 17.8. The van der Waals surface area contributed by atoms with E-state index in [-0.39, 0.29) is 24.2 Å². The smallest absolute Gasteiger partial charge is 0.242 e. The van der Waals surface area contributed by atoms with Crippen LogP contribution in [0.1, 0.15) is 29.8 Å². The third-order valence-electron chi connectivity index (χ3n) is 4.19. The summed E-state index contributed by atoms with van der Waals surface area (Å²) in [5.74, 6) is -0.383. The van der Waals surface area contributed by atoms with Crippen molar-refractivity contribution < 1.29 is 9.59 Å². The highest BCUT2D eigenvalue weighted by Crippen LogP contribution is 2.28. The molecule has 0 radical (unpaired) electrons. The highest BCUT2D eigenvalue weighted by Gasteiger charge is 2.29. The van der Waals surface area contributed by atoms with Gasteiger partial charge in [0.15, 0.2) is 0 Å². The highest BCUT2D eigenvalue weighted by molar-refractivity contribution is 6.35. The van der Waals surface area contributed by atoms with Gasteiger partial charge in [0.05, 0.1) is 22.8 Å². The van der Waals surface area contributed by atoms with Crippen molar-refractivity contribution in [2.45, 2.75) is 33.1 Å². The van der Waals surface area contributed by atoms with Gasteiger partial charge in [0, 0.05) is 22.2 Å². The Morgan fingerprint density at radius 1 is 1.24 bits per heavy atom. The molecule has 1 fully saturated rings. The van der Waals surface area contributed by atoms with Crippen LogP contribution in [0.4, 0.5) is 0 Å². The molecule has 0 atom stereocenters. The van der Waals surface area contributed by atoms with Crippen LogP contribution in [-0.2, 0) is 16.0 Å². The van der Waals surface area contributed by atoms with E-state index in [4.69, 9.17) is 23.2 Å². The van der Waals surface area contributed by atoms with Crippen molar-refractivity contribution in [1.29, 1.82) is 0 Å². The van der Waals surface area contributed by atoms with E-state index in [2.05, 4.69) is 16.0 Å². The van der Waals surface area contributed by atoms with Gasteiger partial charge in [-0.25, -0.2) is 4.68 Å². The Bertz CT molecular complexity index is 843. The summed E-state index contributed by atoms with van der Waals surface area (Å²) in [6.07, 6.45) is 1.89. The Balaban J connectivity index is 1.75. The molecule has 1 aliphatic carbocycles. The summed E-state index contributed by atoms with van der Waals surface area (Å²) in [6, 6.07) is 5.16. The molecule has 2 amide bonds. The molecule has 0 bridgehead atoms. The van der Waals surface area contributed by atoms with Crippen molar-refractivity contribution in [3.05, 3.63) is 45.2 Å². The molecule has 1 aromatic carbocycles. The SMILES string of the molecule is Cc1nn(-c2ccc(Cl)cc2Cl)c(C)c1CC(=O)NNC(=O)C1CC1. The van der Waals surface area contributed by atoms with Gasteiger partial charge in [-0.05, 0) is 44.9 Å². The van der Waals surface area contributed by atoms with Crippen LogP contribution in [0, 0.1) is 19.8 Å². The van der Waals surface area contributed by atoms with Gasteiger partial charge in [-0.1, -0.05) is 23.2 Å². The zero-order valence-electron chi connectivity index (χ0n) is 13.9. The number of aromatic nitrogens is 2. The summed E-state index contributed by atoms with van der Waals surface area (Å²) < 4.78 is 1.69. The van der Waals surface area contributed by atoms with Crippen LogP contribution in [0.5, 0.6) is 0 Å². The van der Waals surface area contributed by atoms with Gasteiger partial charge in [0.25, 0.3) is 0 Å². The molecule has 1 aliphatic rings. The minimum absolute atomic E-state index is 0.0403. The van der Waals surface area contributed by atoms with E-state index in [1.54, 1.807) is 22.9 Å². The lowest BCUT2D eigenvalue weighted by atomic mass is 10.1. The Labute approximate surface area is 155 Å². The lowest BCUT2D eigenvalue weighted by Gasteiger charge is -2.09. The summed E-state index contributed by atoms with van der Waals surface area (Å²) in [5, 5.41) is 5.50. The van der Waals surface area contributed by atoms with Crippen LogP contribution in [0.3, 0.4) is 0 Å². The molecule has 0 unspecified atom stereocenters. The van der Waals surface area contributed by atoms with Crippen LogP contribution in [0.15, 0.2) is 18.2 Å². The van der Waals surface area contributed by atoms with Crippen molar-refractivity contribution >= 4 is 35.0 Å². The second-order valence-corrected chi connectivity index (χ2v) is 6.99. The van der Waals surface area contributed by atoms with Crippen molar-refractivity contribution in [2.75, 3.05) is 0 Å². The van der Waals surface area contributed by atoms with Gasteiger partial charge in [-0.3, -0.25) is 20.4 Å². The molecule has 1 heterocycles. The fraction of sp³-hybridized carbons (Fsp3) is 0.353. The predicted molar refractivity (Wildman–Crippen MR) is 95.8 cm³/mol. The first-order valence-electron chi connectivity index (χ1n) is 7.96. The number of carbonyl (C=O) groups is 2. The monoisotopic (exact) mass is 380 g/mol. The average molecular weight is 381 g/mol. The van der Waals surface area contributed by atoms with Crippen molar-refractivity contribution in [2.24, 2.45) is 5.92 Å². The number of aryl methyl sites for hydroxylation is 1. The number of hydrogen-bond acceptors (Lipinski definition) is 3. The van der Waals surface area contributed by atoms with Crippen molar-refractivity contribution in [1.82, 2.24) is 20.6 Å². The summed E-state index contributed by atoms with van der Waals surface area (Å²) in [7, 11) is 0. The maximum Gasteiger partial charge on any atom is 0.242 e. The van der Waals surface area contributed by atoms with Crippen LogP contribution < -0.4 is 10.9 Å². The molecular weight excluding hydrogens is 363 g/mol. The molecule has 2 N–H and O–H groups in total. The number of hydrazine groups is 1. The number of halogens is 2. The number of hydrogen-bond donors (Lipinski definition) is 2. The molecule has 8 heteroatoms.